The Bertz CT molecular complexity index is 1990. The molecule has 0 amide bonds. The monoisotopic (exact) mass is 621 g/mol. The molecule has 0 aromatic heterocycles. The summed E-state index contributed by atoms with van der Waals surface area (Å²) in [5, 5.41) is 67.1. The molecule has 0 saturated carbocycles. The van der Waals surface area contributed by atoms with E-state index in [1.54, 1.807) is 88.2 Å². The van der Waals surface area contributed by atoms with Gasteiger partial charge in [-0.25, -0.2) is 5.87 Å². The summed E-state index contributed by atoms with van der Waals surface area (Å²) in [6.45, 7) is 6.87. The van der Waals surface area contributed by atoms with Gasteiger partial charge in [0.25, 0.3) is 0 Å². The van der Waals surface area contributed by atoms with Crippen LogP contribution < -0.4 is 4.74 Å². The van der Waals surface area contributed by atoms with Crippen LogP contribution in [-0.2, 0) is 16.1 Å². The van der Waals surface area contributed by atoms with Crippen molar-refractivity contribution in [2.24, 2.45) is 0 Å². The van der Waals surface area contributed by atoms with Crippen molar-refractivity contribution in [2.45, 2.75) is 64.8 Å². The van der Waals surface area contributed by atoms with Crippen molar-refractivity contribution in [3.63, 3.8) is 0 Å². The summed E-state index contributed by atoms with van der Waals surface area (Å²) in [6.07, 6.45) is 9.15. The predicted octanol–water partition coefficient (Wildman–Crippen LogP) is 6.61. The fourth-order valence-corrected chi connectivity index (χ4v) is 5.46. The lowest BCUT2D eigenvalue weighted by Crippen LogP contribution is -2.21. The molecule has 10 heteroatoms. The molecule has 1 aliphatic carbocycles. The van der Waals surface area contributed by atoms with Crippen molar-refractivity contribution in [1.82, 2.24) is 0 Å². The van der Waals surface area contributed by atoms with Crippen molar-refractivity contribution < 1.29 is 19.3 Å². The topological polar surface area (TPSA) is 189 Å². The molecular formula is C37H29N6O4-. The number of ether oxygens (including phenoxy) is 3. The van der Waals surface area contributed by atoms with E-state index in [4.69, 9.17) is 14.2 Å². The van der Waals surface area contributed by atoms with Gasteiger partial charge < -0.3 is 24.7 Å². The first-order valence-corrected chi connectivity index (χ1v) is 14.6. The second-order valence-electron chi connectivity index (χ2n) is 11.7. The van der Waals surface area contributed by atoms with Gasteiger partial charge in [-0.1, -0.05) is 36.4 Å². The first kappa shape index (κ1) is 33.6. The van der Waals surface area contributed by atoms with Crippen molar-refractivity contribution in [2.75, 3.05) is 0 Å². The lowest BCUT2D eigenvalue weighted by atomic mass is 9.88. The van der Waals surface area contributed by atoms with Crippen LogP contribution in [0.3, 0.4) is 0 Å². The standard InChI is InChI=1S/C37H29N6O4/c1-36(2)31(29(20-42)34(46-36)26(16-38)17-39)14-10-24-6-5-7-25(33(24)45-28-12-8-23(22-44)9-13-28)11-15-32-30(21-43)35(27(18-40)19-41)47-37(32,3)4/h8-15,44H,5-7,22H2,1-4H3/q-1/b14-10+,25-11+,32-15-. The fraction of sp³-hybridized carbons (Fsp3) is 0.270. The first-order chi connectivity index (χ1) is 22.5. The van der Waals surface area contributed by atoms with E-state index in [9.17, 15) is 36.8 Å². The highest BCUT2D eigenvalue weighted by molar-refractivity contribution is 5.75. The maximum atomic E-state index is 9.97. The van der Waals surface area contributed by atoms with E-state index in [2.05, 4.69) is 12.1 Å². The number of hydrogen-bond acceptors (Lipinski definition) is 9. The summed E-state index contributed by atoms with van der Waals surface area (Å²) in [7, 11) is 0. The van der Waals surface area contributed by atoms with Gasteiger partial charge >= 0.3 is 0 Å². The fourth-order valence-electron chi connectivity index (χ4n) is 5.46. The molecule has 4 rings (SSSR count). The van der Waals surface area contributed by atoms with Gasteiger partial charge in [0, 0.05) is 11.1 Å². The van der Waals surface area contributed by atoms with Crippen LogP contribution in [0, 0.1) is 56.7 Å². The third-order valence-corrected chi connectivity index (χ3v) is 7.83. The third-order valence-electron chi connectivity index (χ3n) is 7.83. The van der Waals surface area contributed by atoms with E-state index in [0.717, 1.165) is 17.6 Å². The second kappa shape index (κ2) is 13.7. The molecule has 0 fully saturated rings. The molecule has 3 aliphatic rings. The maximum absolute atomic E-state index is 9.97. The Hall–Kier alpha value is -6.34. The molecule has 2 aliphatic heterocycles. The van der Waals surface area contributed by atoms with Crippen LogP contribution in [0.4, 0.5) is 0 Å². The number of rotatable bonds is 7. The largest absolute Gasteiger partial charge is 0.762 e. The molecule has 1 aromatic rings. The third kappa shape index (κ3) is 6.70. The Balaban J connectivity index is 1.89. The Morgan fingerprint density at radius 2 is 1.57 bits per heavy atom. The highest BCUT2D eigenvalue weighted by Crippen LogP contribution is 2.43. The van der Waals surface area contributed by atoms with Crippen molar-refractivity contribution in [3.05, 3.63) is 121 Å². The summed E-state index contributed by atoms with van der Waals surface area (Å²) >= 11 is 0. The molecule has 47 heavy (non-hydrogen) atoms. The summed E-state index contributed by atoms with van der Waals surface area (Å²) in [5.74, 6) is 2.76. The Labute approximate surface area is 273 Å². The number of allylic oxidation sites excluding steroid dienone is 8. The zero-order valence-electron chi connectivity index (χ0n) is 26.3. The number of hydrogen-bond donors (Lipinski definition) is 1. The highest BCUT2D eigenvalue weighted by Gasteiger charge is 2.40. The number of nitriles is 5. The van der Waals surface area contributed by atoms with E-state index >= 15 is 0 Å². The Morgan fingerprint density at radius 3 is 2.15 bits per heavy atom. The van der Waals surface area contributed by atoms with Gasteiger partial charge in [0.1, 0.15) is 69.8 Å². The minimum absolute atomic E-state index is 0.0530. The van der Waals surface area contributed by atoms with Gasteiger partial charge in [0.05, 0.1) is 6.61 Å². The first-order valence-electron chi connectivity index (χ1n) is 14.6. The normalized spacial score (nSPS) is 19.7. The minimum atomic E-state index is -0.996. The van der Waals surface area contributed by atoms with Crippen LogP contribution in [0.5, 0.6) is 5.75 Å². The molecule has 0 atom stereocenters. The zero-order valence-corrected chi connectivity index (χ0v) is 26.3. The smallest absolute Gasteiger partial charge is 0.172 e. The lowest BCUT2D eigenvalue weighted by Gasteiger charge is -2.24. The molecule has 0 bridgehead atoms. The van der Waals surface area contributed by atoms with Gasteiger partial charge in [-0.05, 0) is 75.8 Å². The molecule has 232 valence electrons. The zero-order chi connectivity index (χ0) is 34.4. The molecule has 2 heterocycles. The van der Waals surface area contributed by atoms with Crippen LogP contribution in [0.25, 0.3) is 5.41 Å². The summed E-state index contributed by atoms with van der Waals surface area (Å²) in [4.78, 5) is 0. The van der Waals surface area contributed by atoms with Crippen molar-refractivity contribution >= 4 is 5.87 Å². The molecule has 10 nitrogen and oxygen atoms in total. The average Bonchev–Trinajstić information content (AvgIpc) is 3.47. The molecule has 0 saturated heterocycles. The molecule has 0 spiro atoms. The van der Waals surface area contributed by atoms with Gasteiger partial charge in [-0.2, -0.15) is 26.3 Å². The van der Waals surface area contributed by atoms with Crippen LogP contribution in [-0.4, -0.2) is 22.2 Å². The highest BCUT2D eigenvalue weighted by atomic mass is 16.5. The van der Waals surface area contributed by atoms with Gasteiger partial charge in [0.15, 0.2) is 17.1 Å². The van der Waals surface area contributed by atoms with E-state index < -0.39 is 11.2 Å². The van der Waals surface area contributed by atoms with E-state index in [0.29, 0.717) is 41.1 Å². The quantitative estimate of drug-likeness (QED) is 0.258. The van der Waals surface area contributed by atoms with Crippen LogP contribution in [0.1, 0.15) is 52.5 Å². The summed E-state index contributed by atoms with van der Waals surface area (Å²) < 4.78 is 18.3. The predicted molar refractivity (Wildman–Crippen MR) is 171 cm³/mol. The van der Waals surface area contributed by atoms with E-state index in [1.807, 2.05) is 12.2 Å². The molecule has 0 radical (unpaired) electrons. The number of benzene rings is 1. The van der Waals surface area contributed by atoms with Crippen LogP contribution in [0.2, 0.25) is 0 Å². The minimum Gasteiger partial charge on any atom is -0.762 e. The maximum Gasteiger partial charge on any atom is 0.172 e. The molecule has 1 aromatic carbocycles. The van der Waals surface area contributed by atoms with Gasteiger partial charge in [-0.3, -0.25) is 0 Å². The van der Waals surface area contributed by atoms with Crippen LogP contribution >= 0.6 is 0 Å². The SMILES string of the molecule is CC1(C)OC(=C(C#N)C#N)C(C#N)=C1/C=C/C1=C(Oc2ccc(CO)cc2)C(=C/C=C2/C(C#N)=C(C(=C=[N-])C#N)OC2(C)C)/CCC1. The Kier molecular flexibility index (Phi) is 9.81. The molecule has 1 N–H and O–H groups in total. The molecule has 0 unspecified atom stereocenters. The van der Waals surface area contributed by atoms with E-state index in [1.165, 1.54) is 0 Å². The Morgan fingerprint density at radius 1 is 0.894 bits per heavy atom. The summed E-state index contributed by atoms with van der Waals surface area (Å²) in [6, 6.07) is 16.6. The van der Waals surface area contributed by atoms with E-state index in [-0.39, 0.29) is 40.4 Å². The second-order valence-corrected chi connectivity index (χ2v) is 11.7. The van der Waals surface area contributed by atoms with Gasteiger partial charge in [0.2, 0.25) is 0 Å². The summed E-state index contributed by atoms with van der Waals surface area (Å²) in [5.41, 5.74) is 0.951. The number of nitrogens with zero attached hydrogens (tertiary/aromatic N) is 6. The van der Waals surface area contributed by atoms with Crippen molar-refractivity contribution in [3.8, 4) is 36.1 Å². The van der Waals surface area contributed by atoms with Crippen LogP contribution in [0.15, 0.2) is 110 Å². The van der Waals surface area contributed by atoms with Gasteiger partial charge in [-0.15, -0.1) is 0 Å². The van der Waals surface area contributed by atoms with Crippen molar-refractivity contribution in [1.29, 1.82) is 26.3 Å². The number of aliphatic hydroxyl groups is 1. The number of aliphatic hydroxyl groups excluding tert-OH is 1. The lowest BCUT2D eigenvalue weighted by molar-refractivity contribution is 0.0950. The molecular weight excluding hydrogens is 592 g/mol. The average molecular weight is 622 g/mol.